The number of thiocarbonyl (C=S) groups is 1. The quantitative estimate of drug-likeness (QED) is 0.258. The summed E-state index contributed by atoms with van der Waals surface area (Å²) < 4.78 is 22.3. The minimum atomic E-state index is -0.384. The van der Waals surface area contributed by atoms with E-state index in [4.69, 9.17) is 31.2 Å². The molecule has 0 aromatic heterocycles. The number of para-hydroxylation sites is 1. The van der Waals surface area contributed by atoms with Crippen LogP contribution in [0.1, 0.15) is 52.5 Å². The lowest BCUT2D eigenvalue weighted by molar-refractivity contribution is 0.0600. The Balaban J connectivity index is 1.66. The van der Waals surface area contributed by atoms with Crippen LogP contribution in [0.2, 0.25) is 0 Å². The lowest BCUT2D eigenvalue weighted by Gasteiger charge is -2.39. The number of hydrogen-bond donors (Lipinski definition) is 1. The number of carbonyl (C=O) groups is 1. The van der Waals surface area contributed by atoms with Gasteiger partial charge in [0.15, 0.2) is 16.6 Å². The molecule has 0 amide bonds. The molecule has 4 rings (SSSR count). The van der Waals surface area contributed by atoms with Crippen molar-refractivity contribution in [3.05, 3.63) is 82.4 Å². The van der Waals surface area contributed by atoms with Crippen LogP contribution in [0.3, 0.4) is 0 Å². The molecule has 8 heteroatoms. The molecule has 1 heterocycles. The third-order valence-corrected chi connectivity index (χ3v) is 7.51. The highest BCUT2D eigenvalue weighted by atomic mass is 32.1. The summed E-state index contributed by atoms with van der Waals surface area (Å²) in [7, 11) is 4.65. The number of methoxy groups -OCH3 is 3. The smallest absolute Gasteiger partial charge is 0.337 e. The maximum absolute atomic E-state index is 11.8. The lowest BCUT2D eigenvalue weighted by Crippen LogP contribution is -2.44. The molecule has 206 valence electrons. The van der Waals surface area contributed by atoms with Crippen molar-refractivity contribution in [2.75, 3.05) is 39.8 Å². The normalized spacial score (nSPS) is 14.3. The Labute approximate surface area is 236 Å². The molecule has 1 atom stereocenters. The van der Waals surface area contributed by atoms with E-state index in [2.05, 4.69) is 42.3 Å². The maximum atomic E-state index is 11.8. The minimum absolute atomic E-state index is 0.173. The first-order chi connectivity index (χ1) is 18.9. The van der Waals surface area contributed by atoms with Gasteiger partial charge in [-0.2, -0.15) is 0 Å². The summed E-state index contributed by atoms with van der Waals surface area (Å²) in [5.74, 6) is 1.63. The second kappa shape index (κ2) is 12.8. The molecule has 0 aliphatic carbocycles. The average Bonchev–Trinajstić information content (AvgIpc) is 2.98. The Morgan fingerprint density at radius 1 is 0.974 bits per heavy atom. The molecule has 1 aliphatic heterocycles. The predicted octanol–water partition coefficient (Wildman–Crippen LogP) is 5.99. The molecule has 0 bridgehead atoms. The Hall–Kier alpha value is -3.78. The highest BCUT2D eigenvalue weighted by Crippen LogP contribution is 2.39. The van der Waals surface area contributed by atoms with Gasteiger partial charge in [-0.25, -0.2) is 4.79 Å². The Morgan fingerprint density at radius 2 is 1.62 bits per heavy atom. The van der Waals surface area contributed by atoms with E-state index in [0.717, 1.165) is 37.1 Å². The van der Waals surface area contributed by atoms with Gasteiger partial charge >= 0.3 is 5.97 Å². The molecular weight excluding hydrogens is 512 g/mol. The van der Waals surface area contributed by atoms with E-state index in [1.807, 2.05) is 12.1 Å². The number of benzene rings is 3. The van der Waals surface area contributed by atoms with Crippen LogP contribution in [0.15, 0.2) is 54.6 Å². The van der Waals surface area contributed by atoms with Gasteiger partial charge in [-0.1, -0.05) is 32.0 Å². The van der Waals surface area contributed by atoms with Crippen molar-refractivity contribution in [1.82, 2.24) is 4.90 Å². The number of rotatable bonds is 9. The van der Waals surface area contributed by atoms with Gasteiger partial charge in [0.1, 0.15) is 12.4 Å². The third-order valence-electron chi connectivity index (χ3n) is 7.18. The number of nitrogens with one attached hydrogen (secondary N) is 1. The van der Waals surface area contributed by atoms with Crippen LogP contribution in [0.25, 0.3) is 0 Å². The molecule has 3 aromatic carbocycles. The van der Waals surface area contributed by atoms with Gasteiger partial charge in [-0.15, -0.1) is 0 Å². The van der Waals surface area contributed by atoms with Gasteiger partial charge < -0.3 is 29.2 Å². The summed E-state index contributed by atoms with van der Waals surface area (Å²) in [6.45, 7) is 5.38. The van der Waals surface area contributed by atoms with Crippen LogP contribution in [0.4, 0.5) is 5.69 Å². The van der Waals surface area contributed by atoms with Crippen molar-refractivity contribution in [2.45, 2.75) is 39.2 Å². The van der Waals surface area contributed by atoms with Crippen molar-refractivity contribution >= 4 is 29.0 Å². The first-order valence-electron chi connectivity index (χ1n) is 13.2. The number of anilines is 1. The van der Waals surface area contributed by atoms with Crippen LogP contribution in [0.5, 0.6) is 17.2 Å². The maximum Gasteiger partial charge on any atom is 0.337 e. The van der Waals surface area contributed by atoms with Crippen LogP contribution < -0.4 is 19.5 Å². The van der Waals surface area contributed by atoms with Crippen molar-refractivity contribution in [2.24, 2.45) is 0 Å². The fraction of sp³-hybridized carbons (Fsp3) is 0.355. The standard InChI is InChI=1S/C31H36N2O5S/c1-6-20-9-8-10-21(7-2)29(20)32-31(39)33-16-15-23-17-27(35-3)28(36-4)18-25(23)26(33)19-38-24-13-11-22(12-14-24)30(34)37-5/h8-14,17-18,26H,6-7,15-16,19H2,1-5H3,(H,32,39). The molecule has 39 heavy (non-hydrogen) atoms. The van der Waals surface area contributed by atoms with Gasteiger partial charge in [0.05, 0.1) is 32.9 Å². The molecule has 7 nitrogen and oxygen atoms in total. The van der Waals surface area contributed by atoms with Gasteiger partial charge in [0.25, 0.3) is 0 Å². The van der Waals surface area contributed by atoms with Crippen LogP contribution in [-0.2, 0) is 24.0 Å². The van der Waals surface area contributed by atoms with Crippen molar-refractivity contribution < 1.29 is 23.7 Å². The largest absolute Gasteiger partial charge is 0.493 e. The fourth-order valence-electron chi connectivity index (χ4n) is 5.01. The second-order valence-corrected chi connectivity index (χ2v) is 9.67. The number of hydrogen-bond acceptors (Lipinski definition) is 6. The molecule has 0 radical (unpaired) electrons. The van der Waals surface area contributed by atoms with E-state index in [-0.39, 0.29) is 12.0 Å². The average molecular weight is 549 g/mol. The number of aryl methyl sites for hydroxylation is 2. The molecule has 1 unspecified atom stereocenters. The molecule has 3 aromatic rings. The molecule has 0 spiro atoms. The van der Waals surface area contributed by atoms with E-state index in [1.165, 1.54) is 23.8 Å². The van der Waals surface area contributed by atoms with Gasteiger partial charge in [-0.3, -0.25) is 0 Å². The van der Waals surface area contributed by atoms with Crippen molar-refractivity contribution in [3.63, 3.8) is 0 Å². The first-order valence-corrected chi connectivity index (χ1v) is 13.6. The fourth-order valence-corrected chi connectivity index (χ4v) is 5.33. The number of esters is 1. The van der Waals surface area contributed by atoms with Gasteiger partial charge in [0.2, 0.25) is 0 Å². The summed E-state index contributed by atoms with van der Waals surface area (Å²) in [6.07, 6.45) is 2.62. The monoisotopic (exact) mass is 548 g/mol. The van der Waals surface area contributed by atoms with E-state index in [9.17, 15) is 4.79 Å². The summed E-state index contributed by atoms with van der Waals surface area (Å²) in [4.78, 5) is 14.0. The highest BCUT2D eigenvalue weighted by Gasteiger charge is 2.32. The Morgan fingerprint density at radius 3 is 2.21 bits per heavy atom. The van der Waals surface area contributed by atoms with Crippen molar-refractivity contribution in [3.8, 4) is 17.2 Å². The summed E-state index contributed by atoms with van der Waals surface area (Å²) in [5, 5.41) is 4.24. The summed E-state index contributed by atoms with van der Waals surface area (Å²) >= 11 is 6.03. The van der Waals surface area contributed by atoms with E-state index < -0.39 is 0 Å². The van der Waals surface area contributed by atoms with E-state index >= 15 is 0 Å². The number of fused-ring (bicyclic) bond motifs is 1. The zero-order valence-corrected chi connectivity index (χ0v) is 24.0. The number of nitrogens with zero attached hydrogens (tertiary/aromatic N) is 1. The third kappa shape index (κ3) is 6.11. The van der Waals surface area contributed by atoms with Crippen molar-refractivity contribution in [1.29, 1.82) is 0 Å². The summed E-state index contributed by atoms with van der Waals surface area (Å²) in [5.41, 5.74) is 6.28. The molecule has 1 N–H and O–H groups in total. The van der Waals surface area contributed by atoms with Crippen LogP contribution >= 0.6 is 12.2 Å². The zero-order valence-electron chi connectivity index (χ0n) is 23.2. The molecule has 0 fully saturated rings. The molecular formula is C31H36N2O5S. The molecule has 1 aliphatic rings. The van der Waals surface area contributed by atoms with Crippen LogP contribution in [0, 0.1) is 0 Å². The summed E-state index contributed by atoms with van der Waals surface area (Å²) in [6, 6.07) is 17.2. The van der Waals surface area contributed by atoms with Gasteiger partial charge in [0, 0.05) is 12.2 Å². The second-order valence-electron chi connectivity index (χ2n) is 9.28. The SMILES string of the molecule is CCc1cccc(CC)c1NC(=S)N1CCc2cc(OC)c(OC)cc2C1COc1ccc(C(=O)OC)cc1. The lowest BCUT2D eigenvalue weighted by atomic mass is 9.92. The molecule has 0 saturated carbocycles. The highest BCUT2D eigenvalue weighted by molar-refractivity contribution is 7.80. The Bertz CT molecular complexity index is 1300. The van der Waals surface area contributed by atoms with Gasteiger partial charge in [-0.05, 0) is 90.1 Å². The number of ether oxygens (including phenoxy) is 4. The Kier molecular flexibility index (Phi) is 9.30. The first kappa shape index (κ1) is 28.2. The number of carbonyl (C=O) groups excluding carboxylic acids is 1. The van der Waals surface area contributed by atoms with E-state index in [1.54, 1.807) is 38.5 Å². The minimum Gasteiger partial charge on any atom is -0.493 e. The zero-order chi connectivity index (χ0) is 27.9. The van der Waals surface area contributed by atoms with Crippen LogP contribution in [-0.4, -0.2) is 50.5 Å². The topological polar surface area (TPSA) is 69.3 Å². The molecule has 0 saturated heterocycles. The predicted molar refractivity (Wildman–Crippen MR) is 157 cm³/mol. The van der Waals surface area contributed by atoms with E-state index in [0.29, 0.717) is 34.5 Å².